The Bertz CT molecular complexity index is 1690. The number of nitrogens with zero attached hydrogens (tertiary/aromatic N) is 3. The fraction of sp³-hybridized carbons (Fsp3) is 0.160. The normalized spacial score (nSPS) is 12.1. The maximum atomic E-state index is 13.8. The van der Waals surface area contributed by atoms with Crippen molar-refractivity contribution in [2.45, 2.75) is 26.8 Å². The van der Waals surface area contributed by atoms with Crippen molar-refractivity contribution in [3.63, 3.8) is 0 Å². The van der Waals surface area contributed by atoms with Crippen LogP contribution in [0.5, 0.6) is 0 Å². The number of rotatable bonds is 5. The minimum absolute atomic E-state index is 0.183. The fourth-order valence-corrected chi connectivity index (χ4v) is 4.05. The highest BCUT2D eigenvalue weighted by Gasteiger charge is 2.21. The molecule has 0 fully saturated rings. The molecule has 2 N–H and O–H groups in total. The zero-order valence-corrected chi connectivity index (χ0v) is 19.0. The van der Waals surface area contributed by atoms with Gasteiger partial charge in [0.2, 0.25) is 5.82 Å². The van der Waals surface area contributed by atoms with E-state index in [1.807, 2.05) is 19.9 Å². The zero-order valence-electron chi connectivity index (χ0n) is 19.0. The van der Waals surface area contributed by atoms with Crippen molar-refractivity contribution >= 4 is 16.7 Å². The molecule has 1 aromatic carbocycles. The maximum absolute atomic E-state index is 13.8. The van der Waals surface area contributed by atoms with Crippen molar-refractivity contribution in [1.29, 1.82) is 0 Å². The van der Waals surface area contributed by atoms with Crippen LogP contribution in [0.25, 0.3) is 33.8 Å². The Morgan fingerprint density at radius 3 is 2.71 bits per heavy atom. The van der Waals surface area contributed by atoms with E-state index in [4.69, 9.17) is 4.42 Å². The lowest BCUT2D eigenvalue weighted by atomic mass is 9.99. The minimum Gasteiger partial charge on any atom is -0.455 e. The quantitative estimate of drug-likeness (QED) is 0.381. The predicted octanol–water partition coefficient (Wildman–Crippen LogP) is 4.52. The molecule has 0 bridgehead atoms. The molecule has 4 aromatic heterocycles. The first kappa shape index (κ1) is 22.2. The van der Waals surface area contributed by atoms with Crippen molar-refractivity contribution in [3.8, 4) is 22.8 Å². The van der Waals surface area contributed by atoms with Crippen molar-refractivity contribution < 1.29 is 13.3 Å². The number of aryl methyl sites for hydroxylation is 1. The van der Waals surface area contributed by atoms with E-state index >= 15 is 0 Å². The molecule has 0 saturated carbocycles. The molecule has 0 radical (unpaired) electrons. The van der Waals surface area contributed by atoms with Gasteiger partial charge in [-0.05, 0) is 50.6 Å². The Morgan fingerprint density at radius 1 is 1.14 bits per heavy atom. The van der Waals surface area contributed by atoms with Crippen LogP contribution in [0.15, 0.2) is 67.5 Å². The number of pyridine rings is 2. The summed E-state index contributed by atoms with van der Waals surface area (Å²) in [4.78, 5) is 35.4. The highest BCUT2D eigenvalue weighted by molar-refractivity contribution is 5.84. The summed E-state index contributed by atoms with van der Waals surface area (Å²) in [5.74, 6) is -0.777. The number of aromatic nitrogens is 4. The van der Waals surface area contributed by atoms with E-state index in [0.29, 0.717) is 39.0 Å². The lowest BCUT2D eigenvalue weighted by Crippen LogP contribution is -2.13. The number of hydrogen-bond acceptors (Lipinski definition) is 8. The molecule has 0 aliphatic heterocycles. The second-order valence-electron chi connectivity index (χ2n) is 8.22. The van der Waals surface area contributed by atoms with E-state index in [2.05, 4.69) is 29.9 Å². The van der Waals surface area contributed by atoms with Crippen LogP contribution in [0, 0.1) is 19.7 Å². The zero-order chi connectivity index (χ0) is 24.7. The average Bonchev–Trinajstić information content (AvgIpc) is 3.27. The van der Waals surface area contributed by atoms with Gasteiger partial charge in [-0.15, -0.1) is 0 Å². The van der Waals surface area contributed by atoms with Crippen molar-refractivity contribution in [2.75, 3.05) is 5.32 Å². The Labute approximate surface area is 197 Å². The van der Waals surface area contributed by atoms with E-state index in [1.165, 1.54) is 12.3 Å². The third kappa shape index (κ3) is 4.10. The van der Waals surface area contributed by atoms with E-state index < -0.39 is 11.6 Å². The van der Waals surface area contributed by atoms with Crippen LogP contribution in [0.4, 0.5) is 10.1 Å². The average molecular weight is 473 g/mol. The number of fused-ring (bicyclic) bond motifs is 1. The Morgan fingerprint density at radius 2 is 1.97 bits per heavy atom. The van der Waals surface area contributed by atoms with Crippen LogP contribution >= 0.6 is 0 Å². The van der Waals surface area contributed by atoms with E-state index in [9.17, 15) is 14.0 Å². The number of aromatic amines is 1. The second kappa shape index (κ2) is 8.64. The molecule has 35 heavy (non-hydrogen) atoms. The van der Waals surface area contributed by atoms with Gasteiger partial charge in [0, 0.05) is 29.1 Å². The van der Waals surface area contributed by atoms with E-state index in [-0.39, 0.29) is 23.1 Å². The first-order valence-corrected chi connectivity index (χ1v) is 10.8. The Hall–Kier alpha value is -4.60. The maximum Gasteiger partial charge on any atom is 0.439 e. The smallest absolute Gasteiger partial charge is 0.439 e. The van der Waals surface area contributed by atoms with Gasteiger partial charge in [-0.1, -0.05) is 11.2 Å². The van der Waals surface area contributed by atoms with Crippen molar-refractivity contribution in [1.82, 2.24) is 20.1 Å². The van der Waals surface area contributed by atoms with Gasteiger partial charge in [-0.2, -0.15) is 0 Å². The van der Waals surface area contributed by atoms with Crippen LogP contribution in [0.2, 0.25) is 0 Å². The summed E-state index contributed by atoms with van der Waals surface area (Å²) in [6, 6.07) is 8.13. The van der Waals surface area contributed by atoms with Crippen LogP contribution in [-0.4, -0.2) is 20.1 Å². The van der Waals surface area contributed by atoms with Gasteiger partial charge < -0.3 is 9.73 Å². The monoisotopic (exact) mass is 473 g/mol. The van der Waals surface area contributed by atoms with Crippen molar-refractivity contribution in [2.24, 2.45) is 0 Å². The largest absolute Gasteiger partial charge is 0.455 e. The number of benzene rings is 1. The lowest BCUT2D eigenvalue weighted by Gasteiger charge is -2.19. The third-order valence-electron chi connectivity index (χ3n) is 5.67. The summed E-state index contributed by atoms with van der Waals surface area (Å²) in [6.07, 6.45) is 4.12. The second-order valence-corrected chi connectivity index (χ2v) is 8.22. The molecule has 5 rings (SSSR count). The van der Waals surface area contributed by atoms with E-state index in [1.54, 1.807) is 31.3 Å². The fourth-order valence-electron chi connectivity index (χ4n) is 4.05. The molecule has 5 aromatic rings. The molecule has 9 nitrogen and oxygen atoms in total. The van der Waals surface area contributed by atoms with E-state index in [0.717, 1.165) is 11.8 Å². The molecule has 0 aliphatic carbocycles. The highest BCUT2D eigenvalue weighted by atomic mass is 19.1. The van der Waals surface area contributed by atoms with Gasteiger partial charge in [0.15, 0.2) is 5.43 Å². The minimum atomic E-state index is -0.689. The molecule has 0 spiro atoms. The molecule has 1 atom stereocenters. The number of halogens is 1. The molecule has 4 heterocycles. The molecule has 0 saturated heterocycles. The number of H-pyrrole nitrogens is 1. The van der Waals surface area contributed by atoms with Crippen LogP contribution < -0.4 is 16.5 Å². The lowest BCUT2D eigenvalue weighted by molar-refractivity contribution is 0.388. The van der Waals surface area contributed by atoms with Gasteiger partial charge in [0.05, 0.1) is 23.3 Å². The molecule has 1 unspecified atom stereocenters. The van der Waals surface area contributed by atoms with Crippen LogP contribution in [-0.2, 0) is 0 Å². The summed E-state index contributed by atoms with van der Waals surface area (Å²) >= 11 is 0. The number of anilines is 1. The standard InChI is InChI=1S/C25H20FN5O4/c1-12-7-17(14(3)29-19-5-4-6-28-20(19)24-30-25(33)35-31-24)23-18(8-12)21(32)13(2)22(34-23)15-9-16(26)11-27-10-15/h4-11,14,29H,1-3H3,(H,30,31,33). The molecular formula is C25H20FN5O4. The van der Waals surface area contributed by atoms with Crippen LogP contribution in [0.1, 0.15) is 29.7 Å². The van der Waals surface area contributed by atoms with Gasteiger partial charge in [0.1, 0.15) is 22.9 Å². The molecular weight excluding hydrogens is 453 g/mol. The summed E-state index contributed by atoms with van der Waals surface area (Å²) in [5.41, 5.74) is 3.49. The van der Waals surface area contributed by atoms with Gasteiger partial charge in [-0.25, -0.2) is 9.18 Å². The molecule has 0 aliphatic rings. The third-order valence-corrected chi connectivity index (χ3v) is 5.67. The molecule has 0 amide bonds. The first-order chi connectivity index (χ1) is 16.8. The summed E-state index contributed by atoms with van der Waals surface area (Å²) in [7, 11) is 0. The first-order valence-electron chi connectivity index (χ1n) is 10.8. The summed E-state index contributed by atoms with van der Waals surface area (Å²) in [6.45, 7) is 5.44. The van der Waals surface area contributed by atoms with Crippen LogP contribution in [0.3, 0.4) is 0 Å². The molecule has 10 heteroatoms. The van der Waals surface area contributed by atoms with Gasteiger partial charge >= 0.3 is 5.76 Å². The Kier molecular flexibility index (Phi) is 5.48. The SMILES string of the molecule is Cc1cc(C(C)Nc2cccnc2-c2noc(=O)[nH]2)c2oc(-c3cncc(F)c3)c(C)c(=O)c2c1. The van der Waals surface area contributed by atoms with Gasteiger partial charge in [-0.3, -0.25) is 24.3 Å². The summed E-state index contributed by atoms with van der Waals surface area (Å²) in [5, 5.41) is 7.50. The van der Waals surface area contributed by atoms with Gasteiger partial charge in [0.25, 0.3) is 0 Å². The Balaban J connectivity index is 1.64. The van der Waals surface area contributed by atoms with Crippen molar-refractivity contribution in [3.05, 3.63) is 92.2 Å². The molecule has 176 valence electrons. The predicted molar refractivity (Wildman–Crippen MR) is 128 cm³/mol. The number of hydrogen-bond donors (Lipinski definition) is 2. The number of nitrogens with one attached hydrogen (secondary N) is 2. The topological polar surface area (TPSA) is 127 Å². The summed E-state index contributed by atoms with van der Waals surface area (Å²) < 4.78 is 24.7. The highest BCUT2D eigenvalue weighted by Crippen LogP contribution is 2.33.